The van der Waals surface area contributed by atoms with Crippen LogP contribution in [0.3, 0.4) is 0 Å². The highest BCUT2D eigenvalue weighted by molar-refractivity contribution is 5.59. The molecule has 2 nitrogen and oxygen atoms in total. The van der Waals surface area contributed by atoms with Gasteiger partial charge in [-0.05, 0) is 37.0 Å². The molecule has 19 heavy (non-hydrogen) atoms. The monoisotopic (exact) mass is 260 g/mol. The molecular weight excluding hydrogens is 236 g/mol. The van der Waals surface area contributed by atoms with Crippen molar-refractivity contribution < 1.29 is 9.47 Å². The molecule has 1 aromatic carbocycles. The van der Waals surface area contributed by atoms with Crippen LogP contribution in [-0.4, -0.2) is 18.8 Å². The molecule has 0 spiro atoms. The Hall–Kier alpha value is -1.12. The Morgan fingerprint density at radius 3 is 2.58 bits per heavy atom. The summed E-state index contributed by atoms with van der Waals surface area (Å²) in [5.41, 5.74) is 2.11. The van der Waals surface area contributed by atoms with Gasteiger partial charge >= 0.3 is 0 Å². The van der Waals surface area contributed by atoms with Crippen molar-refractivity contribution in [3.63, 3.8) is 0 Å². The largest absolute Gasteiger partial charge is 0.370 e. The van der Waals surface area contributed by atoms with E-state index in [0.717, 1.165) is 26.1 Å². The van der Waals surface area contributed by atoms with Crippen molar-refractivity contribution >= 4 is 6.08 Å². The number of hydrogen-bond acceptors (Lipinski definition) is 2. The fourth-order valence-electron chi connectivity index (χ4n) is 2.49. The molecule has 104 valence electrons. The van der Waals surface area contributed by atoms with Gasteiger partial charge in [0.15, 0.2) is 0 Å². The van der Waals surface area contributed by atoms with Gasteiger partial charge in [0.1, 0.15) is 11.7 Å². The predicted octanol–water partition coefficient (Wildman–Crippen LogP) is 4.37. The molecule has 0 fully saturated rings. The van der Waals surface area contributed by atoms with Crippen molar-refractivity contribution in [2.45, 2.75) is 45.3 Å². The van der Waals surface area contributed by atoms with Crippen molar-refractivity contribution in [1.82, 2.24) is 0 Å². The summed E-state index contributed by atoms with van der Waals surface area (Å²) in [6, 6.07) is 8.41. The Bertz CT molecular complexity index is 439. The van der Waals surface area contributed by atoms with Crippen LogP contribution in [0.15, 0.2) is 30.3 Å². The Kier molecular flexibility index (Phi) is 4.78. The lowest BCUT2D eigenvalue weighted by Crippen LogP contribution is -2.38. The molecular formula is C17H24O2. The summed E-state index contributed by atoms with van der Waals surface area (Å²) in [5.74, 6) is 0. The van der Waals surface area contributed by atoms with E-state index in [9.17, 15) is 0 Å². The van der Waals surface area contributed by atoms with Crippen molar-refractivity contribution in [2.24, 2.45) is 0 Å². The van der Waals surface area contributed by atoms with Crippen LogP contribution in [0.2, 0.25) is 0 Å². The number of ether oxygens (including phenoxy) is 2. The predicted molar refractivity (Wildman–Crippen MR) is 79.1 cm³/mol. The minimum Gasteiger partial charge on any atom is -0.370 e. The van der Waals surface area contributed by atoms with E-state index in [1.54, 1.807) is 0 Å². The maximum atomic E-state index is 6.10. The molecule has 2 unspecified atom stereocenters. The van der Waals surface area contributed by atoms with E-state index in [0.29, 0.717) is 0 Å². The van der Waals surface area contributed by atoms with Gasteiger partial charge in [0.05, 0.1) is 0 Å². The number of benzene rings is 1. The van der Waals surface area contributed by atoms with E-state index >= 15 is 0 Å². The molecule has 1 aromatic rings. The van der Waals surface area contributed by atoms with Crippen LogP contribution in [-0.2, 0) is 9.47 Å². The molecule has 0 aliphatic heterocycles. The minimum atomic E-state index is -0.362. The Balaban J connectivity index is 2.29. The maximum Gasteiger partial charge on any atom is 0.115 e. The van der Waals surface area contributed by atoms with Crippen molar-refractivity contribution in [3.8, 4) is 0 Å². The lowest BCUT2D eigenvalue weighted by molar-refractivity contribution is -0.113. The topological polar surface area (TPSA) is 18.5 Å². The molecule has 0 radical (unpaired) electrons. The van der Waals surface area contributed by atoms with Crippen LogP contribution in [0.25, 0.3) is 6.08 Å². The molecule has 0 N–H and O–H groups in total. The quantitative estimate of drug-likeness (QED) is 0.756. The summed E-state index contributed by atoms with van der Waals surface area (Å²) in [6.07, 6.45) is 6.32. The Morgan fingerprint density at radius 2 is 1.84 bits per heavy atom. The molecule has 2 atom stereocenters. The summed E-state index contributed by atoms with van der Waals surface area (Å²) in [7, 11) is 0. The first kappa shape index (κ1) is 14.3. The van der Waals surface area contributed by atoms with Crippen LogP contribution in [0, 0.1) is 0 Å². The van der Waals surface area contributed by atoms with Gasteiger partial charge < -0.3 is 9.47 Å². The van der Waals surface area contributed by atoms with Crippen LogP contribution < -0.4 is 0 Å². The normalized spacial score (nSPS) is 25.3. The summed E-state index contributed by atoms with van der Waals surface area (Å²) in [6.45, 7) is 7.91. The first-order chi connectivity index (χ1) is 9.21. The van der Waals surface area contributed by atoms with Crippen molar-refractivity contribution in [3.05, 3.63) is 41.5 Å². The first-order valence-corrected chi connectivity index (χ1v) is 7.25. The van der Waals surface area contributed by atoms with E-state index in [-0.39, 0.29) is 11.7 Å². The molecule has 0 bridgehead atoms. The third-order valence-corrected chi connectivity index (χ3v) is 3.50. The van der Waals surface area contributed by atoms with Gasteiger partial charge in [-0.1, -0.05) is 44.2 Å². The molecule has 2 heteroatoms. The van der Waals surface area contributed by atoms with E-state index in [1.807, 2.05) is 0 Å². The average Bonchev–Trinajstić information content (AvgIpc) is 2.44. The molecule has 1 aliphatic rings. The molecule has 0 aromatic heterocycles. The van der Waals surface area contributed by atoms with Crippen LogP contribution in [0.4, 0.5) is 0 Å². The molecule has 0 saturated carbocycles. The fraction of sp³-hybridized carbons (Fsp3) is 0.529. The third kappa shape index (κ3) is 3.07. The van der Waals surface area contributed by atoms with E-state index in [2.05, 4.69) is 57.2 Å². The summed E-state index contributed by atoms with van der Waals surface area (Å²) < 4.78 is 12.2. The summed E-state index contributed by atoms with van der Waals surface area (Å²) >= 11 is 0. The van der Waals surface area contributed by atoms with Gasteiger partial charge in [0.25, 0.3) is 0 Å². The lowest BCUT2D eigenvalue weighted by Gasteiger charge is -2.38. The second-order valence-corrected chi connectivity index (χ2v) is 5.25. The average molecular weight is 260 g/mol. The standard InChI is InChI=1S/C17H24O2/c1-4-12-18-16-15-9-7-6-8-14(15)10-11-17(16,3)19-13-5-2/h6-11,16H,4-5,12-13H2,1-3H3. The van der Waals surface area contributed by atoms with E-state index in [1.165, 1.54) is 11.1 Å². The highest BCUT2D eigenvalue weighted by atomic mass is 16.5. The van der Waals surface area contributed by atoms with Gasteiger partial charge in [0.2, 0.25) is 0 Å². The number of hydrogen-bond donors (Lipinski definition) is 0. The highest BCUT2D eigenvalue weighted by Gasteiger charge is 2.38. The van der Waals surface area contributed by atoms with Crippen LogP contribution >= 0.6 is 0 Å². The molecule has 0 saturated heterocycles. The van der Waals surface area contributed by atoms with Crippen LogP contribution in [0.5, 0.6) is 0 Å². The first-order valence-electron chi connectivity index (χ1n) is 7.25. The third-order valence-electron chi connectivity index (χ3n) is 3.50. The van der Waals surface area contributed by atoms with Gasteiger partial charge in [0, 0.05) is 13.2 Å². The van der Waals surface area contributed by atoms with Crippen LogP contribution in [0.1, 0.15) is 50.8 Å². The van der Waals surface area contributed by atoms with Gasteiger partial charge in [-0.15, -0.1) is 0 Å². The van der Waals surface area contributed by atoms with E-state index < -0.39 is 0 Å². The maximum absolute atomic E-state index is 6.10. The Morgan fingerprint density at radius 1 is 1.11 bits per heavy atom. The van der Waals surface area contributed by atoms with Gasteiger partial charge in [-0.25, -0.2) is 0 Å². The Labute approximate surface area is 116 Å². The SMILES string of the molecule is CCCOC1c2ccccc2C=CC1(C)OCCC. The zero-order valence-corrected chi connectivity index (χ0v) is 12.2. The fourth-order valence-corrected chi connectivity index (χ4v) is 2.49. The second-order valence-electron chi connectivity index (χ2n) is 5.25. The van der Waals surface area contributed by atoms with Gasteiger partial charge in [-0.2, -0.15) is 0 Å². The summed E-state index contributed by atoms with van der Waals surface area (Å²) in [4.78, 5) is 0. The highest BCUT2D eigenvalue weighted by Crippen LogP contribution is 2.40. The van der Waals surface area contributed by atoms with Crippen molar-refractivity contribution in [2.75, 3.05) is 13.2 Å². The minimum absolute atomic E-state index is 0.0137. The van der Waals surface area contributed by atoms with E-state index in [4.69, 9.17) is 9.47 Å². The molecule has 0 heterocycles. The number of rotatable bonds is 6. The summed E-state index contributed by atoms with van der Waals surface area (Å²) in [5, 5.41) is 0. The zero-order valence-electron chi connectivity index (χ0n) is 12.2. The lowest BCUT2D eigenvalue weighted by atomic mass is 9.84. The zero-order chi connectivity index (χ0) is 13.7. The van der Waals surface area contributed by atoms with Gasteiger partial charge in [-0.3, -0.25) is 0 Å². The van der Waals surface area contributed by atoms with Crippen molar-refractivity contribution in [1.29, 1.82) is 0 Å². The number of fused-ring (bicyclic) bond motifs is 1. The second kappa shape index (κ2) is 6.36. The smallest absolute Gasteiger partial charge is 0.115 e. The molecule has 2 rings (SSSR count). The molecule has 1 aliphatic carbocycles. The molecule has 0 amide bonds.